The van der Waals surface area contributed by atoms with Gasteiger partial charge in [0.1, 0.15) is 0 Å². The van der Waals surface area contributed by atoms with E-state index in [2.05, 4.69) is 20.2 Å². The SMILES string of the molecule is O=C(C1CCc2nc(Nc3cccc(Cl)c3)ncc2C1)N1CCCCC1. The van der Waals surface area contributed by atoms with Gasteiger partial charge in [-0.15, -0.1) is 0 Å². The zero-order chi connectivity index (χ0) is 17.9. The standard InChI is InChI=1S/C20H23ClN4O/c21-16-5-4-6-17(12-16)23-20-22-13-15-11-14(7-8-18(15)24-20)19(26)25-9-2-1-3-10-25/h4-6,12-14H,1-3,7-11H2,(H,22,23,24). The van der Waals surface area contributed by atoms with Crippen molar-refractivity contribution in [3.05, 3.63) is 46.7 Å². The molecule has 0 spiro atoms. The maximum Gasteiger partial charge on any atom is 0.227 e. The van der Waals surface area contributed by atoms with Crippen LogP contribution in [0, 0.1) is 5.92 Å². The molecule has 1 atom stereocenters. The zero-order valence-electron chi connectivity index (χ0n) is 14.7. The molecule has 2 aliphatic rings. The smallest absolute Gasteiger partial charge is 0.227 e. The summed E-state index contributed by atoms with van der Waals surface area (Å²) in [5.41, 5.74) is 3.02. The van der Waals surface area contributed by atoms with E-state index in [1.54, 1.807) is 0 Å². The third kappa shape index (κ3) is 3.83. The lowest BCUT2D eigenvalue weighted by Crippen LogP contribution is -2.41. The number of nitrogens with one attached hydrogen (secondary N) is 1. The lowest BCUT2D eigenvalue weighted by molar-refractivity contribution is -0.136. The lowest BCUT2D eigenvalue weighted by atomic mass is 9.86. The Morgan fingerprint density at radius 1 is 1.23 bits per heavy atom. The molecule has 0 saturated carbocycles. The van der Waals surface area contributed by atoms with Gasteiger partial charge in [0.2, 0.25) is 11.9 Å². The fourth-order valence-electron chi connectivity index (χ4n) is 3.85. The highest BCUT2D eigenvalue weighted by atomic mass is 35.5. The number of piperidine rings is 1. The van der Waals surface area contributed by atoms with E-state index in [1.165, 1.54) is 6.42 Å². The van der Waals surface area contributed by atoms with E-state index in [4.69, 9.17) is 11.6 Å². The third-order valence-corrected chi connectivity index (χ3v) is 5.48. The first-order chi connectivity index (χ1) is 12.7. The molecule has 1 aliphatic heterocycles. The Bertz CT molecular complexity index is 804. The molecule has 1 fully saturated rings. The van der Waals surface area contributed by atoms with Crippen molar-refractivity contribution in [2.45, 2.75) is 38.5 Å². The van der Waals surface area contributed by atoms with E-state index < -0.39 is 0 Å². The highest BCUT2D eigenvalue weighted by molar-refractivity contribution is 6.30. The number of rotatable bonds is 3. The molecule has 0 bridgehead atoms. The molecular weight excluding hydrogens is 348 g/mol. The van der Waals surface area contributed by atoms with E-state index in [0.29, 0.717) is 16.9 Å². The third-order valence-electron chi connectivity index (χ3n) is 5.25. The van der Waals surface area contributed by atoms with Gasteiger partial charge in [-0.3, -0.25) is 4.79 Å². The minimum atomic E-state index is 0.0796. The predicted octanol–water partition coefficient (Wildman–Crippen LogP) is 3.99. The highest BCUT2D eigenvalue weighted by Gasteiger charge is 2.29. The summed E-state index contributed by atoms with van der Waals surface area (Å²) in [6, 6.07) is 7.50. The molecule has 1 amide bonds. The van der Waals surface area contributed by atoms with Crippen LogP contribution in [0.15, 0.2) is 30.5 Å². The molecular formula is C20H23ClN4O. The number of halogens is 1. The number of benzene rings is 1. The number of aryl methyl sites for hydroxylation is 1. The molecule has 2 heterocycles. The first kappa shape index (κ1) is 17.3. The summed E-state index contributed by atoms with van der Waals surface area (Å²) in [6.45, 7) is 1.84. The molecule has 2 aromatic rings. The van der Waals surface area contributed by atoms with Crippen molar-refractivity contribution < 1.29 is 4.79 Å². The predicted molar refractivity (Wildman–Crippen MR) is 103 cm³/mol. The number of amides is 1. The Morgan fingerprint density at radius 3 is 2.88 bits per heavy atom. The summed E-state index contributed by atoms with van der Waals surface area (Å²) in [5, 5.41) is 3.87. The molecule has 1 unspecified atom stereocenters. The summed E-state index contributed by atoms with van der Waals surface area (Å²) in [5.74, 6) is 0.972. The van der Waals surface area contributed by atoms with Crippen molar-refractivity contribution >= 4 is 29.1 Å². The summed E-state index contributed by atoms with van der Waals surface area (Å²) in [4.78, 5) is 23.9. The summed E-state index contributed by atoms with van der Waals surface area (Å²) in [7, 11) is 0. The van der Waals surface area contributed by atoms with E-state index in [9.17, 15) is 4.79 Å². The van der Waals surface area contributed by atoms with Gasteiger partial charge in [0.15, 0.2) is 0 Å². The van der Waals surface area contributed by atoms with Gasteiger partial charge in [-0.1, -0.05) is 17.7 Å². The van der Waals surface area contributed by atoms with Gasteiger partial charge >= 0.3 is 0 Å². The van der Waals surface area contributed by atoms with Crippen LogP contribution in [0.4, 0.5) is 11.6 Å². The van der Waals surface area contributed by atoms with Gasteiger partial charge in [-0.2, -0.15) is 0 Å². The van der Waals surface area contributed by atoms with Crippen molar-refractivity contribution in [2.75, 3.05) is 18.4 Å². The lowest BCUT2D eigenvalue weighted by Gasteiger charge is -2.32. The molecule has 1 aromatic heterocycles. The quantitative estimate of drug-likeness (QED) is 0.887. The van der Waals surface area contributed by atoms with Crippen LogP contribution in [0.3, 0.4) is 0 Å². The second-order valence-corrected chi connectivity index (χ2v) is 7.56. The summed E-state index contributed by atoms with van der Waals surface area (Å²) >= 11 is 6.02. The van der Waals surface area contributed by atoms with Crippen LogP contribution in [0.25, 0.3) is 0 Å². The fourth-order valence-corrected chi connectivity index (χ4v) is 4.04. The molecule has 136 valence electrons. The Balaban J connectivity index is 1.44. The molecule has 1 N–H and O–H groups in total. The van der Waals surface area contributed by atoms with Gasteiger partial charge in [-0.25, -0.2) is 9.97 Å². The fraction of sp³-hybridized carbons (Fsp3) is 0.450. The van der Waals surface area contributed by atoms with Crippen LogP contribution in [-0.4, -0.2) is 33.9 Å². The van der Waals surface area contributed by atoms with E-state index in [-0.39, 0.29) is 5.92 Å². The van der Waals surface area contributed by atoms with Gasteiger partial charge in [0.05, 0.1) is 0 Å². The van der Waals surface area contributed by atoms with Crippen LogP contribution in [0.5, 0.6) is 0 Å². The van der Waals surface area contributed by atoms with Gasteiger partial charge < -0.3 is 10.2 Å². The van der Waals surface area contributed by atoms with Crippen molar-refractivity contribution in [3.63, 3.8) is 0 Å². The first-order valence-electron chi connectivity index (χ1n) is 9.35. The second-order valence-electron chi connectivity index (χ2n) is 7.13. The van der Waals surface area contributed by atoms with Gasteiger partial charge in [0, 0.05) is 41.6 Å². The van der Waals surface area contributed by atoms with E-state index in [1.807, 2.05) is 30.5 Å². The number of carbonyl (C=O) groups excluding carboxylic acids is 1. The summed E-state index contributed by atoms with van der Waals surface area (Å²) < 4.78 is 0. The Morgan fingerprint density at radius 2 is 2.08 bits per heavy atom. The minimum Gasteiger partial charge on any atom is -0.342 e. The number of fused-ring (bicyclic) bond motifs is 1. The van der Waals surface area contributed by atoms with Crippen molar-refractivity contribution in [1.82, 2.24) is 14.9 Å². The number of anilines is 2. The normalized spacial score (nSPS) is 19.7. The van der Waals surface area contributed by atoms with Gasteiger partial charge in [0.25, 0.3) is 0 Å². The average Bonchev–Trinajstić information content (AvgIpc) is 2.68. The molecule has 5 nitrogen and oxygen atoms in total. The van der Waals surface area contributed by atoms with Crippen LogP contribution >= 0.6 is 11.6 Å². The largest absolute Gasteiger partial charge is 0.342 e. The number of hydrogen-bond acceptors (Lipinski definition) is 4. The van der Waals surface area contributed by atoms with Gasteiger partial charge in [-0.05, 0) is 62.3 Å². The molecule has 4 rings (SSSR count). The molecule has 0 radical (unpaired) electrons. The maximum absolute atomic E-state index is 12.8. The Hall–Kier alpha value is -2.14. The van der Waals surface area contributed by atoms with Crippen LogP contribution in [-0.2, 0) is 17.6 Å². The average molecular weight is 371 g/mol. The Kier molecular flexibility index (Phi) is 5.07. The van der Waals surface area contributed by atoms with Crippen molar-refractivity contribution in [1.29, 1.82) is 0 Å². The van der Waals surface area contributed by atoms with Crippen LogP contribution in [0.2, 0.25) is 5.02 Å². The van der Waals surface area contributed by atoms with Crippen LogP contribution in [0.1, 0.15) is 36.9 Å². The maximum atomic E-state index is 12.8. The van der Waals surface area contributed by atoms with Crippen molar-refractivity contribution in [3.8, 4) is 0 Å². The minimum absolute atomic E-state index is 0.0796. The number of carbonyl (C=O) groups is 1. The van der Waals surface area contributed by atoms with E-state index >= 15 is 0 Å². The number of nitrogens with zero attached hydrogens (tertiary/aromatic N) is 3. The monoisotopic (exact) mass is 370 g/mol. The highest BCUT2D eigenvalue weighted by Crippen LogP contribution is 2.28. The number of likely N-dealkylation sites (tertiary alicyclic amines) is 1. The van der Waals surface area contributed by atoms with Crippen molar-refractivity contribution in [2.24, 2.45) is 5.92 Å². The van der Waals surface area contributed by atoms with E-state index in [0.717, 1.165) is 62.1 Å². The second kappa shape index (κ2) is 7.62. The van der Waals surface area contributed by atoms with Crippen LogP contribution < -0.4 is 5.32 Å². The summed E-state index contributed by atoms with van der Waals surface area (Å²) in [6.07, 6.45) is 7.83. The molecule has 1 saturated heterocycles. The number of hydrogen-bond donors (Lipinski definition) is 1. The molecule has 1 aromatic carbocycles. The molecule has 6 heteroatoms. The molecule has 1 aliphatic carbocycles. The molecule has 26 heavy (non-hydrogen) atoms. The zero-order valence-corrected chi connectivity index (χ0v) is 15.5. The first-order valence-corrected chi connectivity index (χ1v) is 9.73. The Labute approximate surface area is 158 Å². The number of aromatic nitrogens is 2. The topological polar surface area (TPSA) is 58.1 Å².